The molecule has 1 atom stereocenters. The third kappa shape index (κ3) is 2.36. The summed E-state index contributed by atoms with van der Waals surface area (Å²) < 4.78 is 4.78. The van der Waals surface area contributed by atoms with Crippen molar-refractivity contribution in [3.05, 3.63) is 33.0 Å². The Morgan fingerprint density at radius 2 is 2.30 bits per heavy atom. The Bertz CT molecular complexity index is 652. The predicted octanol–water partition coefficient (Wildman–Crippen LogP) is 3.63. The van der Waals surface area contributed by atoms with Crippen molar-refractivity contribution in [2.75, 3.05) is 6.54 Å². The van der Waals surface area contributed by atoms with Gasteiger partial charge in [0.2, 0.25) is 0 Å². The van der Waals surface area contributed by atoms with Crippen molar-refractivity contribution in [2.24, 2.45) is 0 Å². The van der Waals surface area contributed by atoms with Gasteiger partial charge < -0.3 is 4.57 Å². The first-order valence-electron chi connectivity index (χ1n) is 7.02. The highest BCUT2D eigenvalue weighted by atomic mass is 32.1. The molecule has 1 aliphatic heterocycles. The van der Waals surface area contributed by atoms with Crippen LogP contribution in [0, 0.1) is 4.77 Å². The molecule has 3 heterocycles. The summed E-state index contributed by atoms with van der Waals surface area (Å²) in [6.45, 7) is 8.37. The zero-order chi connectivity index (χ0) is 14.3. The monoisotopic (exact) mass is 308 g/mol. The average Bonchev–Trinajstić information content (AvgIpc) is 3.01. The summed E-state index contributed by atoms with van der Waals surface area (Å²) >= 11 is 7.38. The lowest BCUT2D eigenvalue weighted by atomic mass is 10.0. The molecule has 0 spiro atoms. The van der Waals surface area contributed by atoms with Crippen LogP contribution in [0.4, 0.5) is 0 Å². The molecule has 0 bridgehead atoms. The van der Waals surface area contributed by atoms with Crippen molar-refractivity contribution in [2.45, 2.75) is 45.9 Å². The Balaban J connectivity index is 1.81. The lowest BCUT2D eigenvalue weighted by molar-refractivity contribution is 0.144. The zero-order valence-corrected chi connectivity index (χ0v) is 13.7. The minimum atomic E-state index is 0.360. The highest BCUT2D eigenvalue weighted by Gasteiger charge is 2.25. The first-order chi connectivity index (χ1) is 9.58. The number of hydrogen-bond acceptors (Lipinski definition) is 4. The van der Waals surface area contributed by atoms with Gasteiger partial charge in [0, 0.05) is 23.5 Å². The molecular weight excluding hydrogens is 288 g/mol. The SMILES string of the molecule is CC(C)n1cnn(CN2CCc3sccc3[C@H]2C)c1=S. The van der Waals surface area contributed by atoms with E-state index in [4.69, 9.17) is 12.2 Å². The number of rotatable bonds is 3. The molecule has 4 nitrogen and oxygen atoms in total. The van der Waals surface area contributed by atoms with Crippen LogP contribution in [0.3, 0.4) is 0 Å². The van der Waals surface area contributed by atoms with E-state index in [1.165, 1.54) is 10.4 Å². The van der Waals surface area contributed by atoms with Gasteiger partial charge in [-0.15, -0.1) is 11.3 Å². The summed E-state index contributed by atoms with van der Waals surface area (Å²) in [5.74, 6) is 0. The van der Waals surface area contributed by atoms with Crippen molar-refractivity contribution in [3.8, 4) is 0 Å². The Morgan fingerprint density at radius 1 is 1.50 bits per heavy atom. The van der Waals surface area contributed by atoms with Crippen LogP contribution in [0.15, 0.2) is 17.8 Å². The van der Waals surface area contributed by atoms with Gasteiger partial charge in [-0.25, -0.2) is 4.68 Å². The fourth-order valence-electron chi connectivity index (χ4n) is 2.73. The lowest BCUT2D eigenvalue weighted by Gasteiger charge is -2.33. The maximum atomic E-state index is 5.51. The number of thiophene rings is 1. The van der Waals surface area contributed by atoms with Crippen LogP contribution in [0.2, 0.25) is 0 Å². The van der Waals surface area contributed by atoms with Gasteiger partial charge >= 0.3 is 0 Å². The fraction of sp³-hybridized carbons (Fsp3) is 0.571. The Hall–Kier alpha value is -0.980. The Morgan fingerprint density at radius 3 is 3.00 bits per heavy atom. The first kappa shape index (κ1) is 14.0. The predicted molar refractivity (Wildman–Crippen MR) is 84.6 cm³/mol. The van der Waals surface area contributed by atoms with Crippen molar-refractivity contribution >= 4 is 23.6 Å². The fourth-order valence-corrected chi connectivity index (χ4v) is 4.05. The van der Waals surface area contributed by atoms with Crippen LogP contribution in [-0.4, -0.2) is 25.8 Å². The number of aromatic nitrogens is 3. The molecule has 0 radical (unpaired) electrons. The topological polar surface area (TPSA) is 26.0 Å². The molecule has 0 unspecified atom stereocenters. The molecule has 0 saturated carbocycles. The standard InChI is InChI=1S/C14H20N4S2/c1-10(2)17-8-15-18(14(17)19)9-16-6-4-13-12(11(16)3)5-7-20-13/h5,7-8,10-11H,4,6,9H2,1-3H3/t11-/m1/s1. The minimum Gasteiger partial charge on any atom is -0.304 e. The van der Waals surface area contributed by atoms with Crippen LogP contribution >= 0.6 is 23.6 Å². The maximum absolute atomic E-state index is 5.51. The summed E-state index contributed by atoms with van der Waals surface area (Å²) in [6, 6.07) is 3.05. The van der Waals surface area contributed by atoms with Gasteiger partial charge in [0.05, 0.1) is 6.67 Å². The maximum Gasteiger partial charge on any atom is 0.199 e. The molecule has 0 saturated heterocycles. The summed E-state index contributed by atoms with van der Waals surface area (Å²) in [5.41, 5.74) is 1.47. The summed E-state index contributed by atoms with van der Waals surface area (Å²) in [4.78, 5) is 3.98. The summed E-state index contributed by atoms with van der Waals surface area (Å²) in [5, 5.41) is 6.64. The van der Waals surface area contributed by atoms with E-state index < -0.39 is 0 Å². The first-order valence-corrected chi connectivity index (χ1v) is 8.31. The highest BCUT2D eigenvalue weighted by molar-refractivity contribution is 7.71. The second-order valence-corrected chi connectivity index (χ2v) is 6.96. The summed E-state index contributed by atoms with van der Waals surface area (Å²) in [7, 11) is 0. The molecule has 0 N–H and O–H groups in total. The van der Waals surface area contributed by atoms with E-state index >= 15 is 0 Å². The molecule has 2 aromatic heterocycles. The van der Waals surface area contributed by atoms with Gasteiger partial charge in [0.1, 0.15) is 6.33 Å². The van der Waals surface area contributed by atoms with Crippen molar-refractivity contribution in [1.82, 2.24) is 19.2 Å². The molecule has 3 rings (SSSR count). The minimum absolute atomic E-state index is 0.360. The van der Waals surface area contributed by atoms with Gasteiger partial charge in [-0.2, -0.15) is 5.10 Å². The van der Waals surface area contributed by atoms with E-state index in [0.29, 0.717) is 12.1 Å². The molecule has 6 heteroatoms. The van der Waals surface area contributed by atoms with Crippen LogP contribution in [0.5, 0.6) is 0 Å². The van der Waals surface area contributed by atoms with Crippen molar-refractivity contribution in [1.29, 1.82) is 0 Å². The lowest BCUT2D eigenvalue weighted by Crippen LogP contribution is -2.35. The van der Waals surface area contributed by atoms with E-state index in [0.717, 1.165) is 24.4 Å². The molecule has 20 heavy (non-hydrogen) atoms. The molecular formula is C14H20N4S2. The number of fused-ring (bicyclic) bond motifs is 1. The third-order valence-corrected chi connectivity index (χ3v) is 5.45. The molecule has 2 aromatic rings. The highest BCUT2D eigenvalue weighted by Crippen LogP contribution is 2.32. The largest absolute Gasteiger partial charge is 0.304 e. The third-order valence-electron chi connectivity index (χ3n) is 4.03. The van der Waals surface area contributed by atoms with Gasteiger partial charge in [-0.1, -0.05) is 0 Å². The Labute approximate surface area is 128 Å². The second-order valence-electron chi connectivity index (χ2n) is 5.59. The molecule has 0 fully saturated rings. The van der Waals surface area contributed by atoms with Crippen molar-refractivity contribution in [3.63, 3.8) is 0 Å². The van der Waals surface area contributed by atoms with Crippen LogP contribution in [0.25, 0.3) is 0 Å². The van der Waals surface area contributed by atoms with Crippen molar-refractivity contribution < 1.29 is 0 Å². The van der Waals surface area contributed by atoms with E-state index in [1.54, 1.807) is 0 Å². The van der Waals surface area contributed by atoms with Crippen LogP contribution in [-0.2, 0) is 13.1 Å². The van der Waals surface area contributed by atoms with E-state index in [9.17, 15) is 0 Å². The van der Waals surface area contributed by atoms with E-state index in [1.807, 2.05) is 26.9 Å². The van der Waals surface area contributed by atoms with Gasteiger partial charge in [-0.3, -0.25) is 4.90 Å². The van der Waals surface area contributed by atoms with E-state index in [2.05, 4.69) is 42.2 Å². The molecule has 1 aliphatic rings. The molecule has 0 amide bonds. The second kappa shape index (κ2) is 5.42. The average molecular weight is 308 g/mol. The van der Waals surface area contributed by atoms with Crippen LogP contribution in [0.1, 0.15) is 43.3 Å². The Kier molecular flexibility index (Phi) is 3.79. The van der Waals surface area contributed by atoms with E-state index in [-0.39, 0.29) is 0 Å². The van der Waals surface area contributed by atoms with Gasteiger partial charge in [0.25, 0.3) is 0 Å². The smallest absolute Gasteiger partial charge is 0.199 e. The number of nitrogens with zero attached hydrogens (tertiary/aromatic N) is 4. The normalized spacial score (nSPS) is 19.5. The zero-order valence-electron chi connectivity index (χ0n) is 12.1. The summed E-state index contributed by atoms with van der Waals surface area (Å²) in [6.07, 6.45) is 2.98. The molecule has 0 aromatic carbocycles. The molecule has 0 aliphatic carbocycles. The van der Waals surface area contributed by atoms with Gasteiger partial charge in [0.15, 0.2) is 4.77 Å². The quantitative estimate of drug-likeness (QED) is 0.810. The van der Waals surface area contributed by atoms with Gasteiger partial charge in [-0.05, 0) is 56.4 Å². The molecule has 108 valence electrons. The van der Waals surface area contributed by atoms with Crippen LogP contribution < -0.4 is 0 Å². The number of hydrogen-bond donors (Lipinski definition) is 0.